The quantitative estimate of drug-likeness (QED) is 0.577. The van der Waals surface area contributed by atoms with Crippen molar-refractivity contribution in [3.63, 3.8) is 0 Å². The van der Waals surface area contributed by atoms with Crippen LogP contribution in [0.2, 0.25) is 5.02 Å². The van der Waals surface area contributed by atoms with E-state index in [1.807, 2.05) is 32.0 Å². The zero-order chi connectivity index (χ0) is 22.7. The van der Waals surface area contributed by atoms with Crippen LogP contribution in [-0.4, -0.2) is 24.3 Å². The number of benzene rings is 2. The first kappa shape index (κ1) is 23.3. The lowest BCUT2D eigenvalue weighted by Gasteiger charge is -2.43. The van der Waals surface area contributed by atoms with E-state index in [4.69, 9.17) is 25.8 Å². The molecule has 31 heavy (non-hydrogen) atoms. The van der Waals surface area contributed by atoms with Gasteiger partial charge in [0.25, 0.3) is 0 Å². The monoisotopic (exact) mass is 444 g/mol. The number of ether oxygens (including phenoxy) is 3. The predicted octanol–water partition coefficient (Wildman–Crippen LogP) is 5.40. The SMILES string of the molecule is CC(=O)OC1O[C@@H](c2ccc(Cl)c(Cc3ccc(C)cc3)c2)[C@H](C)[C@@H](OC(C)=O)[C@@H]1C. The smallest absolute Gasteiger partial charge is 0.304 e. The lowest BCUT2D eigenvalue weighted by Crippen LogP contribution is -2.48. The first-order valence-electron chi connectivity index (χ1n) is 10.5. The fourth-order valence-corrected chi connectivity index (χ4v) is 4.30. The number of hydrogen-bond donors (Lipinski definition) is 0. The fraction of sp³-hybridized carbons (Fsp3) is 0.440. The molecule has 6 heteroatoms. The van der Waals surface area contributed by atoms with Crippen molar-refractivity contribution in [1.29, 1.82) is 0 Å². The van der Waals surface area contributed by atoms with E-state index in [2.05, 4.69) is 31.2 Å². The van der Waals surface area contributed by atoms with E-state index in [0.29, 0.717) is 11.4 Å². The summed E-state index contributed by atoms with van der Waals surface area (Å²) in [6.07, 6.45) is -0.986. The molecule has 0 aliphatic carbocycles. The maximum atomic E-state index is 11.7. The van der Waals surface area contributed by atoms with Crippen LogP contribution < -0.4 is 0 Å². The molecule has 0 saturated carbocycles. The van der Waals surface area contributed by atoms with Crippen molar-refractivity contribution in [2.45, 2.75) is 59.5 Å². The molecule has 1 fully saturated rings. The molecule has 1 heterocycles. The highest BCUT2D eigenvalue weighted by atomic mass is 35.5. The molecule has 5 nitrogen and oxygen atoms in total. The topological polar surface area (TPSA) is 61.8 Å². The molecular formula is C25H29ClO5. The largest absolute Gasteiger partial charge is 0.462 e. The van der Waals surface area contributed by atoms with Crippen LogP contribution in [0.3, 0.4) is 0 Å². The second-order valence-corrected chi connectivity index (χ2v) is 8.75. The van der Waals surface area contributed by atoms with Gasteiger partial charge >= 0.3 is 11.9 Å². The Balaban J connectivity index is 1.92. The van der Waals surface area contributed by atoms with Crippen molar-refractivity contribution in [3.05, 3.63) is 69.7 Å². The summed E-state index contributed by atoms with van der Waals surface area (Å²) in [4.78, 5) is 23.3. The molecule has 0 aromatic heterocycles. The molecule has 2 aromatic carbocycles. The second-order valence-electron chi connectivity index (χ2n) is 8.34. The average Bonchev–Trinajstić information content (AvgIpc) is 2.70. The number of aryl methyl sites for hydroxylation is 1. The number of halogens is 1. The van der Waals surface area contributed by atoms with Gasteiger partial charge in [0, 0.05) is 24.8 Å². The number of esters is 2. The van der Waals surface area contributed by atoms with Gasteiger partial charge in [-0.2, -0.15) is 0 Å². The molecule has 0 radical (unpaired) electrons. The van der Waals surface area contributed by atoms with Crippen LogP contribution in [0.15, 0.2) is 42.5 Å². The van der Waals surface area contributed by atoms with Gasteiger partial charge in [-0.05, 0) is 36.1 Å². The molecule has 3 rings (SSSR count). The van der Waals surface area contributed by atoms with Gasteiger partial charge < -0.3 is 14.2 Å². The molecule has 1 saturated heterocycles. The van der Waals surface area contributed by atoms with Gasteiger partial charge in [0.2, 0.25) is 6.29 Å². The highest BCUT2D eigenvalue weighted by molar-refractivity contribution is 6.31. The van der Waals surface area contributed by atoms with Gasteiger partial charge in [-0.15, -0.1) is 0 Å². The van der Waals surface area contributed by atoms with Crippen LogP contribution in [0.4, 0.5) is 0 Å². The van der Waals surface area contributed by atoms with Crippen molar-refractivity contribution >= 4 is 23.5 Å². The average molecular weight is 445 g/mol. The summed E-state index contributed by atoms with van der Waals surface area (Å²) in [7, 11) is 0. The van der Waals surface area contributed by atoms with Crippen LogP contribution in [-0.2, 0) is 30.2 Å². The molecule has 5 atom stereocenters. The Bertz CT molecular complexity index is 939. The van der Waals surface area contributed by atoms with Crippen LogP contribution in [0.25, 0.3) is 0 Å². The van der Waals surface area contributed by atoms with Crippen molar-refractivity contribution in [3.8, 4) is 0 Å². The zero-order valence-electron chi connectivity index (χ0n) is 18.6. The van der Waals surface area contributed by atoms with Gasteiger partial charge in [-0.1, -0.05) is 67.4 Å². The molecule has 1 aliphatic rings. The summed E-state index contributed by atoms with van der Waals surface area (Å²) in [5.74, 6) is -1.25. The maximum Gasteiger partial charge on any atom is 0.304 e. The summed E-state index contributed by atoms with van der Waals surface area (Å²) in [6, 6.07) is 14.1. The summed E-state index contributed by atoms with van der Waals surface area (Å²) in [6.45, 7) is 8.61. The van der Waals surface area contributed by atoms with Crippen LogP contribution in [0.1, 0.15) is 56.1 Å². The molecule has 1 aliphatic heterocycles. The van der Waals surface area contributed by atoms with Crippen LogP contribution in [0.5, 0.6) is 0 Å². The number of carbonyl (C=O) groups is 2. The summed E-state index contributed by atoms with van der Waals surface area (Å²) in [5, 5.41) is 0.675. The normalized spacial score (nSPS) is 25.7. The predicted molar refractivity (Wildman–Crippen MR) is 119 cm³/mol. The maximum absolute atomic E-state index is 11.7. The number of carbonyl (C=O) groups excluding carboxylic acids is 2. The molecular weight excluding hydrogens is 416 g/mol. The number of rotatable bonds is 5. The van der Waals surface area contributed by atoms with Crippen LogP contribution in [0, 0.1) is 18.8 Å². The third kappa shape index (κ3) is 5.66. The van der Waals surface area contributed by atoms with Crippen molar-refractivity contribution in [2.75, 3.05) is 0 Å². The highest BCUT2D eigenvalue weighted by Gasteiger charge is 2.45. The van der Waals surface area contributed by atoms with Gasteiger partial charge in [0.05, 0.1) is 12.0 Å². The lowest BCUT2D eigenvalue weighted by atomic mass is 9.82. The third-order valence-electron chi connectivity index (χ3n) is 5.72. The van der Waals surface area contributed by atoms with E-state index in [0.717, 1.165) is 16.7 Å². The number of hydrogen-bond acceptors (Lipinski definition) is 5. The summed E-state index contributed by atoms with van der Waals surface area (Å²) in [5.41, 5.74) is 4.24. The van der Waals surface area contributed by atoms with E-state index in [1.54, 1.807) is 0 Å². The molecule has 0 amide bonds. The Hall–Kier alpha value is -2.37. The lowest BCUT2D eigenvalue weighted by molar-refractivity contribution is -0.259. The molecule has 1 unspecified atom stereocenters. The molecule has 2 aromatic rings. The fourth-order valence-electron chi connectivity index (χ4n) is 4.12. The standard InChI is InChI=1S/C25H29ClO5/c1-14-6-8-19(9-7-14)12-21-13-20(10-11-22(21)26)24-15(2)23(29-17(4)27)16(3)25(31-24)30-18(5)28/h6-11,13,15-16,23-25H,12H2,1-5H3/t15-,16+,23-,24-,25?/m1/s1. The van der Waals surface area contributed by atoms with E-state index in [-0.39, 0.29) is 17.8 Å². The first-order valence-corrected chi connectivity index (χ1v) is 10.9. The summed E-state index contributed by atoms with van der Waals surface area (Å²) >= 11 is 6.49. The van der Waals surface area contributed by atoms with Gasteiger partial charge in [0.15, 0.2) is 0 Å². The van der Waals surface area contributed by atoms with E-state index in [9.17, 15) is 9.59 Å². The molecule has 166 valence electrons. The van der Waals surface area contributed by atoms with Gasteiger partial charge in [-0.25, -0.2) is 0 Å². The third-order valence-corrected chi connectivity index (χ3v) is 6.09. The van der Waals surface area contributed by atoms with E-state index < -0.39 is 24.5 Å². The Morgan fingerprint density at radius 2 is 1.61 bits per heavy atom. The van der Waals surface area contributed by atoms with Gasteiger partial charge in [-0.3, -0.25) is 9.59 Å². The van der Waals surface area contributed by atoms with Gasteiger partial charge in [0.1, 0.15) is 6.10 Å². The zero-order valence-corrected chi connectivity index (χ0v) is 19.3. The van der Waals surface area contributed by atoms with Crippen molar-refractivity contribution in [1.82, 2.24) is 0 Å². The van der Waals surface area contributed by atoms with Crippen molar-refractivity contribution in [2.24, 2.45) is 11.8 Å². The van der Waals surface area contributed by atoms with E-state index in [1.165, 1.54) is 19.4 Å². The van der Waals surface area contributed by atoms with Crippen molar-refractivity contribution < 1.29 is 23.8 Å². The Morgan fingerprint density at radius 3 is 2.23 bits per heavy atom. The Labute approximate surface area is 188 Å². The Kier molecular flexibility index (Phi) is 7.39. The minimum absolute atomic E-state index is 0.140. The molecule has 0 bridgehead atoms. The highest BCUT2D eigenvalue weighted by Crippen LogP contribution is 2.42. The summed E-state index contributed by atoms with van der Waals surface area (Å²) < 4.78 is 17.2. The Morgan fingerprint density at radius 1 is 0.968 bits per heavy atom. The minimum atomic E-state index is -0.806. The first-order chi connectivity index (χ1) is 14.7. The second kappa shape index (κ2) is 9.84. The molecule has 0 spiro atoms. The molecule has 0 N–H and O–H groups in total. The van der Waals surface area contributed by atoms with Crippen LogP contribution >= 0.6 is 11.6 Å². The minimum Gasteiger partial charge on any atom is -0.462 e. The van der Waals surface area contributed by atoms with E-state index >= 15 is 0 Å².